The summed E-state index contributed by atoms with van der Waals surface area (Å²) in [7, 11) is 0. The first-order valence-corrected chi connectivity index (χ1v) is 6.20. The molecule has 1 heteroatoms. The van der Waals surface area contributed by atoms with Gasteiger partial charge >= 0.3 is 0 Å². The highest BCUT2D eigenvalue weighted by molar-refractivity contribution is 6.11. The van der Waals surface area contributed by atoms with E-state index in [9.17, 15) is 4.79 Å². The summed E-state index contributed by atoms with van der Waals surface area (Å²) in [5.74, 6) is 0.374. The van der Waals surface area contributed by atoms with Gasteiger partial charge in [0.25, 0.3) is 0 Å². The minimum atomic E-state index is -0.0360. The summed E-state index contributed by atoms with van der Waals surface area (Å²) < 4.78 is 0. The van der Waals surface area contributed by atoms with E-state index in [0.717, 1.165) is 27.8 Å². The monoisotopic (exact) mass is 232 g/mol. The van der Waals surface area contributed by atoms with E-state index in [1.807, 2.05) is 30.3 Å². The second kappa shape index (κ2) is 3.20. The Labute approximate surface area is 106 Å². The fourth-order valence-electron chi connectivity index (χ4n) is 3.43. The van der Waals surface area contributed by atoms with Gasteiger partial charge in [-0.1, -0.05) is 55.1 Å². The molecule has 18 heavy (non-hydrogen) atoms. The average Bonchev–Trinajstić information content (AvgIpc) is 2.87. The van der Waals surface area contributed by atoms with Crippen LogP contribution in [-0.4, -0.2) is 5.78 Å². The van der Waals surface area contributed by atoms with Gasteiger partial charge in [0, 0.05) is 11.5 Å². The van der Waals surface area contributed by atoms with Crippen molar-refractivity contribution in [3.8, 4) is 0 Å². The fraction of sp³-hybridized carbons (Fsp3) is 0.118. The zero-order valence-corrected chi connectivity index (χ0v) is 9.89. The van der Waals surface area contributed by atoms with Crippen LogP contribution in [0, 0.1) is 0 Å². The Balaban J connectivity index is 2.01. The van der Waals surface area contributed by atoms with Gasteiger partial charge in [0.15, 0.2) is 5.78 Å². The van der Waals surface area contributed by atoms with Crippen LogP contribution >= 0.6 is 0 Å². The number of rotatable bonds is 0. The van der Waals surface area contributed by atoms with Crippen molar-refractivity contribution < 1.29 is 4.79 Å². The van der Waals surface area contributed by atoms with Crippen LogP contribution < -0.4 is 0 Å². The molecule has 2 aliphatic carbocycles. The van der Waals surface area contributed by atoms with Gasteiger partial charge < -0.3 is 0 Å². The molecule has 2 aromatic rings. The van der Waals surface area contributed by atoms with Crippen molar-refractivity contribution in [1.82, 2.24) is 0 Å². The zero-order valence-electron chi connectivity index (χ0n) is 9.89. The van der Waals surface area contributed by atoms with Crippen molar-refractivity contribution in [2.45, 2.75) is 11.8 Å². The van der Waals surface area contributed by atoms with E-state index in [1.54, 1.807) is 0 Å². The van der Waals surface area contributed by atoms with Crippen LogP contribution in [0.25, 0.3) is 5.57 Å². The molecule has 0 saturated carbocycles. The minimum Gasteiger partial charge on any atom is -0.293 e. The molecule has 4 rings (SSSR count). The Morgan fingerprint density at radius 2 is 1.33 bits per heavy atom. The summed E-state index contributed by atoms with van der Waals surface area (Å²) >= 11 is 0. The first-order valence-electron chi connectivity index (χ1n) is 6.20. The van der Waals surface area contributed by atoms with Crippen LogP contribution in [0.2, 0.25) is 0 Å². The maximum atomic E-state index is 12.5. The third-order valence-corrected chi connectivity index (χ3v) is 4.19. The van der Waals surface area contributed by atoms with Crippen LogP contribution in [0.5, 0.6) is 0 Å². The number of fused-ring (bicyclic) bond motifs is 5. The Bertz CT molecular complexity index is 635. The SMILES string of the molecule is C=C1c2ccccc2C2C(=O)c3ccccc3C12. The molecule has 0 heterocycles. The molecule has 0 aliphatic heterocycles. The number of ketones is 1. The van der Waals surface area contributed by atoms with Crippen LogP contribution in [0.4, 0.5) is 0 Å². The second-order valence-corrected chi connectivity index (χ2v) is 5.02. The van der Waals surface area contributed by atoms with Gasteiger partial charge in [0.05, 0.1) is 5.92 Å². The number of hydrogen-bond acceptors (Lipinski definition) is 1. The molecule has 0 spiro atoms. The summed E-state index contributed by atoms with van der Waals surface area (Å²) in [5.41, 5.74) is 5.43. The smallest absolute Gasteiger partial charge is 0.171 e. The van der Waals surface area contributed by atoms with Gasteiger partial charge in [-0.25, -0.2) is 0 Å². The highest BCUT2D eigenvalue weighted by Gasteiger charge is 2.47. The Hall–Kier alpha value is -2.15. The number of allylic oxidation sites excluding steroid dienone is 1. The second-order valence-electron chi connectivity index (χ2n) is 5.02. The van der Waals surface area contributed by atoms with Gasteiger partial charge in [0.2, 0.25) is 0 Å². The zero-order chi connectivity index (χ0) is 12.3. The maximum Gasteiger partial charge on any atom is 0.171 e. The third kappa shape index (κ3) is 0.999. The van der Waals surface area contributed by atoms with E-state index in [2.05, 4.69) is 24.8 Å². The van der Waals surface area contributed by atoms with Crippen molar-refractivity contribution in [2.24, 2.45) is 0 Å². The van der Waals surface area contributed by atoms with Crippen molar-refractivity contribution in [1.29, 1.82) is 0 Å². The van der Waals surface area contributed by atoms with E-state index in [4.69, 9.17) is 0 Å². The molecular weight excluding hydrogens is 220 g/mol. The fourth-order valence-corrected chi connectivity index (χ4v) is 3.43. The Morgan fingerprint density at radius 1 is 0.778 bits per heavy atom. The van der Waals surface area contributed by atoms with Gasteiger partial charge in [-0.2, -0.15) is 0 Å². The number of benzene rings is 2. The lowest BCUT2D eigenvalue weighted by Crippen LogP contribution is -2.06. The van der Waals surface area contributed by atoms with E-state index in [-0.39, 0.29) is 17.6 Å². The van der Waals surface area contributed by atoms with Gasteiger partial charge in [-0.05, 0) is 22.3 Å². The molecule has 0 aromatic heterocycles. The van der Waals surface area contributed by atoms with Gasteiger partial charge in [-0.15, -0.1) is 0 Å². The van der Waals surface area contributed by atoms with E-state index >= 15 is 0 Å². The molecule has 0 amide bonds. The minimum absolute atomic E-state index is 0.0360. The van der Waals surface area contributed by atoms with Crippen LogP contribution in [-0.2, 0) is 0 Å². The van der Waals surface area contributed by atoms with Crippen molar-refractivity contribution >= 4 is 11.4 Å². The van der Waals surface area contributed by atoms with E-state index < -0.39 is 0 Å². The molecule has 2 atom stereocenters. The Morgan fingerprint density at radius 3 is 2.06 bits per heavy atom. The summed E-state index contributed by atoms with van der Waals surface area (Å²) in [4.78, 5) is 12.5. The molecule has 86 valence electrons. The van der Waals surface area contributed by atoms with Crippen molar-refractivity contribution in [2.75, 3.05) is 0 Å². The standard InChI is InChI=1S/C17H12O/c1-10-11-6-2-3-7-12(11)16-15(10)13-8-4-5-9-14(13)17(16)18/h2-9,15-16H,1H2. The summed E-state index contributed by atoms with van der Waals surface area (Å²) in [6.07, 6.45) is 0. The predicted octanol–water partition coefficient (Wildman–Crippen LogP) is 3.78. The predicted molar refractivity (Wildman–Crippen MR) is 71.7 cm³/mol. The highest BCUT2D eigenvalue weighted by Crippen LogP contribution is 2.56. The van der Waals surface area contributed by atoms with Gasteiger partial charge in [-0.3, -0.25) is 4.79 Å². The summed E-state index contributed by atoms with van der Waals surface area (Å²) in [5, 5.41) is 0. The van der Waals surface area contributed by atoms with Gasteiger partial charge in [0.1, 0.15) is 0 Å². The molecular formula is C17H12O. The number of carbonyl (C=O) groups is 1. The van der Waals surface area contributed by atoms with E-state index in [1.165, 1.54) is 0 Å². The third-order valence-electron chi connectivity index (χ3n) is 4.19. The lowest BCUT2D eigenvalue weighted by atomic mass is 9.91. The van der Waals surface area contributed by atoms with Crippen molar-refractivity contribution in [3.63, 3.8) is 0 Å². The Kier molecular flexibility index (Phi) is 1.75. The largest absolute Gasteiger partial charge is 0.293 e. The molecule has 0 radical (unpaired) electrons. The first-order chi connectivity index (χ1) is 8.79. The van der Waals surface area contributed by atoms with Crippen LogP contribution in [0.1, 0.15) is 38.9 Å². The van der Waals surface area contributed by atoms with Crippen LogP contribution in [0.3, 0.4) is 0 Å². The summed E-state index contributed by atoms with van der Waals surface area (Å²) in [6, 6.07) is 16.1. The highest BCUT2D eigenvalue weighted by atomic mass is 16.1. The molecule has 2 unspecified atom stereocenters. The molecule has 2 aliphatic rings. The average molecular weight is 232 g/mol. The summed E-state index contributed by atoms with van der Waals surface area (Å²) in [6.45, 7) is 4.22. The molecule has 0 fully saturated rings. The molecule has 1 nitrogen and oxygen atoms in total. The van der Waals surface area contributed by atoms with E-state index in [0.29, 0.717) is 0 Å². The van der Waals surface area contributed by atoms with Crippen molar-refractivity contribution in [3.05, 3.63) is 77.4 Å². The number of carbonyl (C=O) groups excluding carboxylic acids is 1. The van der Waals surface area contributed by atoms with Crippen LogP contribution in [0.15, 0.2) is 55.1 Å². The molecule has 0 saturated heterocycles. The topological polar surface area (TPSA) is 17.1 Å². The molecule has 0 bridgehead atoms. The lowest BCUT2D eigenvalue weighted by molar-refractivity contribution is 0.0971. The quantitative estimate of drug-likeness (QED) is 0.675. The first kappa shape index (κ1) is 9.84. The number of Topliss-reactive ketones (excluding diaryl/α,β-unsaturated/α-hetero) is 1. The number of hydrogen-bond donors (Lipinski definition) is 0. The molecule has 2 aromatic carbocycles. The molecule has 0 N–H and O–H groups in total. The maximum absolute atomic E-state index is 12.5. The normalized spacial score (nSPS) is 23.8. The lowest BCUT2D eigenvalue weighted by Gasteiger charge is -2.10.